The molecule has 0 unspecified atom stereocenters. The summed E-state index contributed by atoms with van der Waals surface area (Å²) in [6.07, 6.45) is 0. The Kier molecular flexibility index (Phi) is 7.46. The maximum atomic E-state index is 2.50. The van der Waals surface area contributed by atoms with E-state index in [4.69, 9.17) is 0 Å². The second kappa shape index (κ2) is 13.0. The van der Waals surface area contributed by atoms with Crippen LogP contribution in [0.5, 0.6) is 0 Å². The third kappa shape index (κ3) is 4.76. The van der Waals surface area contributed by atoms with E-state index in [0.717, 1.165) is 5.69 Å². The Morgan fingerprint density at radius 3 is 1.47 bits per heavy atom. The first-order chi connectivity index (χ1) is 28.8. The topological polar surface area (TPSA) is 9.86 Å². The van der Waals surface area contributed by atoms with Gasteiger partial charge in [-0.15, -0.1) is 11.3 Å². The van der Waals surface area contributed by atoms with E-state index >= 15 is 0 Å². The summed E-state index contributed by atoms with van der Waals surface area (Å²) in [6.45, 7) is 0. The average molecular weight is 773 g/mol. The van der Waals surface area contributed by atoms with E-state index in [2.05, 4.69) is 228 Å². The van der Waals surface area contributed by atoms with Crippen molar-refractivity contribution < 1.29 is 0 Å². The van der Waals surface area contributed by atoms with Crippen LogP contribution < -0.4 is 20.7 Å². The average Bonchev–Trinajstić information content (AvgIpc) is 3.96. The summed E-state index contributed by atoms with van der Waals surface area (Å²) < 4.78 is 7.59. The molecule has 0 bridgehead atoms. The van der Waals surface area contributed by atoms with Gasteiger partial charge in [0, 0.05) is 53.1 Å². The number of hydrogen-bond donors (Lipinski definition) is 0. The molecule has 0 saturated heterocycles. The minimum atomic E-state index is -2.88. The lowest BCUT2D eigenvalue weighted by atomic mass is 10.1. The first-order valence-corrected chi connectivity index (χ1v) is 22.8. The van der Waals surface area contributed by atoms with Crippen LogP contribution in [0, 0.1) is 0 Å². The molecule has 3 heterocycles. The van der Waals surface area contributed by atoms with Gasteiger partial charge in [0.25, 0.3) is 0 Å². The largest absolute Gasteiger partial charge is 0.309 e. The van der Waals surface area contributed by atoms with Crippen molar-refractivity contribution in [3.05, 3.63) is 218 Å². The number of nitrogens with zero attached hydrogens (tertiary/aromatic N) is 2. The molecule has 0 aliphatic carbocycles. The zero-order valence-corrected chi connectivity index (χ0v) is 33.4. The third-order valence-electron chi connectivity index (χ3n) is 12.3. The number of hydrogen-bond acceptors (Lipinski definition) is 1. The highest BCUT2D eigenvalue weighted by Crippen LogP contribution is 2.43. The number of thiophene rings is 1. The molecule has 2 nitrogen and oxygen atoms in total. The quantitative estimate of drug-likeness (QED) is 0.118. The standard InChI is InChI=1S/C54H36N2SSi/c1-3-17-39(18-4-1)58(40-19-5-2-6-20-40,41-32-30-37(31-33-41)55-48-26-11-7-22-43(48)44-23-8-12-27-49(44)55)42-21-15-16-38(36-42)56-50-28-13-9-25-47(50)53-51(56)35-34-46-45-24-10-14-29-52(45)57-54(46)53/h1-36H. The van der Waals surface area contributed by atoms with Gasteiger partial charge in [-0.2, -0.15) is 0 Å². The molecule has 58 heavy (non-hydrogen) atoms. The predicted octanol–water partition coefficient (Wildman–Crippen LogP) is 11.6. The van der Waals surface area contributed by atoms with E-state index in [1.54, 1.807) is 0 Å². The Hall–Kier alpha value is -6.98. The summed E-state index contributed by atoms with van der Waals surface area (Å²) in [5.74, 6) is 0. The van der Waals surface area contributed by atoms with Crippen LogP contribution in [-0.4, -0.2) is 17.2 Å². The number of benzene rings is 9. The maximum absolute atomic E-state index is 2.88. The van der Waals surface area contributed by atoms with Gasteiger partial charge in [-0.3, -0.25) is 0 Å². The molecule has 0 fully saturated rings. The van der Waals surface area contributed by atoms with Crippen molar-refractivity contribution in [1.82, 2.24) is 9.13 Å². The minimum Gasteiger partial charge on any atom is -0.309 e. The van der Waals surface area contributed by atoms with Crippen LogP contribution in [0.15, 0.2) is 218 Å². The molecule has 12 aromatic rings. The first-order valence-electron chi connectivity index (χ1n) is 19.9. The van der Waals surface area contributed by atoms with Gasteiger partial charge in [-0.05, 0) is 75.3 Å². The Bertz CT molecular complexity index is 3410. The van der Waals surface area contributed by atoms with Crippen molar-refractivity contribution in [3.8, 4) is 11.4 Å². The fraction of sp³-hybridized carbons (Fsp3) is 0. The zero-order valence-electron chi connectivity index (χ0n) is 31.6. The van der Waals surface area contributed by atoms with Crippen molar-refractivity contribution >= 4 is 104 Å². The van der Waals surface area contributed by atoms with Crippen molar-refractivity contribution in [1.29, 1.82) is 0 Å². The van der Waals surface area contributed by atoms with Crippen LogP contribution in [0.4, 0.5) is 0 Å². The lowest BCUT2D eigenvalue weighted by molar-refractivity contribution is 1.18. The molecule has 0 saturated carbocycles. The molecular formula is C54H36N2SSi. The van der Waals surface area contributed by atoms with E-state index in [9.17, 15) is 0 Å². The highest BCUT2D eigenvalue weighted by molar-refractivity contribution is 7.26. The SMILES string of the molecule is c1ccc([Si](c2ccccc2)(c2ccc(-n3c4ccccc4c4ccccc43)cc2)c2cccc(-n3c4ccccc4c4c5sc6ccccc6c5ccc43)c2)cc1. The second-order valence-electron chi connectivity index (χ2n) is 15.2. The van der Waals surface area contributed by atoms with Gasteiger partial charge in [0.2, 0.25) is 0 Å². The van der Waals surface area contributed by atoms with Gasteiger partial charge >= 0.3 is 0 Å². The lowest BCUT2D eigenvalue weighted by Gasteiger charge is -2.35. The van der Waals surface area contributed by atoms with Gasteiger partial charge in [-0.25, -0.2) is 0 Å². The van der Waals surface area contributed by atoms with Crippen LogP contribution in [0.25, 0.3) is 75.2 Å². The number of para-hydroxylation sites is 3. The van der Waals surface area contributed by atoms with Crippen molar-refractivity contribution in [3.63, 3.8) is 0 Å². The Balaban J connectivity index is 1.11. The highest BCUT2D eigenvalue weighted by Gasteiger charge is 2.41. The van der Waals surface area contributed by atoms with Gasteiger partial charge in [0.1, 0.15) is 0 Å². The summed E-state index contributed by atoms with van der Waals surface area (Å²) >= 11 is 1.91. The van der Waals surface area contributed by atoms with Crippen LogP contribution in [0.3, 0.4) is 0 Å². The number of aromatic nitrogens is 2. The highest BCUT2D eigenvalue weighted by atomic mass is 32.1. The summed E-state index contributed by atoms with van der Waals surface area (Å²) in [4.78, 5) is 0. The number of fused-ring (bicyclic) bond motifs is 10. The van der Waals surface area contributed by atoms with E-state index in [0.29, 0.717) is 0 Å². The van der Waals surface area contributed by atoms with Crippen molar-refractivity contribution in [2.75, 3.05) is 0 Å². The zero-order chi connectivity index (χ0) is 38.2. The summed E-state index contributed by atoms with van der Waals surface area (Å²) in [5.41, 5.74) is 7.24. The minimum absolute atomic E-state index is 1.16. The fourth-order valence-corrected chi connectivity index (χ4v) is 15.9. The number of rotatable bonds is 6. The van der Waals surface area contributed by atoms with E-state index in [-0.39, 0.29) is 0 Å². The smallest absolute Gasteiger partial charge is 0.179 e. The molecule has 0 aliphatic heterocycles. The maximum Gasteiger partial charge on any atom is 0.179 e. The molecule has 12 rings (SSSR count). The molecule has 4 heteroatoms. The molecule has 272 valence electrons. The molecule has 0 N–H and O–H groups in total. The van der Waals surface area contributed by atoms with Gasteiger partial charge < -0.3 is 9.13 Å². The first kappa shape index (κ1) is 33.2. The second-order valence-corrected chi connectivity index (χ2v) is 20.1. The van der Waals surface area contributed by atoms with Crippen LogP contribution in [0.1, 0.15) is 0 Å². The van der Waals surface area contributed by atoms with Crippen LogP contribution in [0.2, 0.25) is 0 Å². The third-order valence-corrected chi connectivity index (χ3v) is 18.2. The van der Waals surface area contributed by atoms with Gasteiger partial charge in [0.15, 0.2) is 8.07 Å². The monoisotopic (exact) mass is 772 g/mol. The predicted molar refractivity (Wildman–Crippen MR) is 252 cm³/mol. The molecule has 0 spiro atoms. The van der Waals surface area contributed by atoms with Crippen molar-refractivity contribution in [2.24, 2.45) is 0 Å². The molecule has 9 aromatic carbocycles. The van der Waals surface area contributed by atoms with E-state index < -0.39 is 8.07 Å². The van der Waals surface area contributed by atoms with Gasteiger partial charge in [-0.1, -0.05) is 164 Å². The molecule has 0 atom stereocenters. The van der Waals surface area contributed by atoms with Gasteiger partial charge in [0.05, 0.1) is 22.1 Å². The lowest BCUT2D eigenvalue weighted by Crippen LogP contribution is -2.74. The van der Waals surface area contributed by atoms with Crippen molar-refractivity contribution in [2.45, 2.75) is 0 Å². The molecule has 0 amide bonds. The fourth-order valence-electron chi connectivity index (χ4n) is 9.83. The molecular weight excluding hydrogens is 737 g/mol. The Labute approximate surface area is 341 Å². The summed E-state index contributed by atoms with van der Waals surface area (Å²) in [5, 5.41) is 13.2. The normalized spacial score (nSPS) is 12.1. The Morgan fingerprint density at radius 2 is 0.810 bits per heavy atom. The molecule has 0 radical (unpaired) electrons. The van der Waals surface area contributed by atoms with Crippen LogP contribution in [-0.2, 0) is 0 Å². The summed E-state index contributed by atoms with van der Waals surface area (Å²) in [6, 6.07) is 81.4. The Morgan fingerprint density at radius 1 is 0.310 bits per heavy atom. The van der Waals surface area contributed by atoms with E-state index in [1.165, 1.54) is 90.2 Å². The summed E-state index contributed by atoms with van der Waals surface area (Å²) in [7, 11) is -2.88. The van der Waals surface area contributed by atoms with Crippen LogP contribution >= 0.6 is 11.3 Å². The van der Waals surface area contributed by atoms with E-state index in [1.807, 2.05) is 11.3 Å². The molecule has 0 aliphatic rings. The molecule has 3 aromatic heterocycles.